The van der Waals surface area contributed by atoms with Gasteiger partial charge in [0.05, 0.1) is 127 Å². The number of aliphatic hydroxyl groups is 2. The first-order valence-corrected chi connectivity index (χ1v) is 38.2. The predicted molar refractivity (Wildman–Crippen MR) is 444 cm³/mol. The average Bonchev–Trinajstić information content (AvgIpc) is 1.75. The van der Waals surface area contributed by atoms with E-state index in [1.165, 1.54) is 112 Å². The summed E-state index contributed by atoms with van der Waals surface area (Å²) in [6.45, 7) is 23.7. The summed E-state index contributed by atoms with van der Waals surface area (Å²) in [5.74, 6) is -7.63. The minimum atomic E-state index is -1.05. The van der Waals surface area contributed by atoms with Gasteiger partial charge in [0.15, 0.2) is 50.2 Å². The number of hydrogen-bond acceptors (Lipinski definition) is 42. The molecule has 3 aliphatic rings. The van der Waals surface area contributed by atoms with Gasteiger partial charge in [0, 0.05) is 100 Å². The third-order valence-electron chi connectivity index (χ3n) is 16.0. The number of aliphatic hydroxyl groups excluding tert-OH is 2. The van der Waals surface area contributed by atoms with Crippen LogP contribution in [0.5, 0.6) is 0 Å². The van der Waals surface area contributed by atoms with Crippen molar-refractivity contribution >= 4 is 144 Å². The third-order valence-corrected chi connectivity index (χ3v) is 16.8. The Morgan fingerprint density at radius 1 is 0.539 bits per heavy atom. The van der Waals surface area contributed by atoms with Gasteiger partial charge in [0.1, 0.15) is 12.2 Å². The van der Waals surface area contributed by atoms with Crippen LogP contribution in [0.4, 0.5) is 0 Å². The minimum absolute atomic E-state index is 0. The maximum atomic E-state index is 12.0. The minimum Gasteiger partial charge on any atom is -1.00 e. The van der Waals surface area contributed by atoms with E-state index in [1.54, 1.807) is 13.8 Å². The fourth-order valence-electron chi connectivity index (χ4n) is 9.82. The molecule has 11 N–H and O–H groups in total. The number of hydrogen-bond donors (Lipinski definition) is 8. The molecule has 3 aromatic heterocycles. The number of carbonyl (C=O) groups is 15. The van der Waals surface area contributed by atoms with E-state index in [-0.39, 0.29) is 225 Å². The van der Waals surface area contributed by atoms with Crippen LogP contribution >= 0.6 is 48.9 Å². The van der Waals surface area contributed by atoms with E-state index < -0.39 is 132 Å². The van der Waals surface area contributed by atoms with Gasteiger partial charge >= 0.3 is 160 Å². The molecule has 0 saturated carbocycles. The molecule has 0 spiro atoms. The molecule has 0 aromatic carbocycles. The smallest absolute Gasteiger partial charge is 1.00 e. The van der Waals surface area contributed by atoms with Crippen LogP contribution in [0.25, 0.3) is 0 Å². The van der Waals surface area contributed by atoms with E-state index in [9.17, 15) is 91.4 Å². The quantitative estimate of drug-likeness (QED) is 0.00514. The van der Waals surface area contributed by atoms with Crippen LogP contribution in [0.15, 0.2) is 38.5 Å². The van der Waals surface area contributed by atoms with Crippen LogP contribution in [0.3, 0.4) is 0 Å². The number of rotatable bonds is 27. The van der Waals surface area contributed by atoms with Gasteiger partial charge in [0.2, 0.25) is 6.29 Å². The second-order valence-electron chi connectivity index (χ2n) is 24.6. The van der Waals surface area contributed by atoms with Gasteiger partial charge in [0.25, 0.3) is 23.2 Å². The van der Waals surface area contributed by atoms with E-state index in [0.29, 0.717) is 24.9 Å². The molecule has 3 fully saturated rings. The number of methoxy groups -OCH3 is 8. The Hall–Kier alpha value is -8.10. The van der Waals surface area contributed by atoms with Gasteiger partial charge in [-0.2, -0.15) is 12.7 Å². The molecular weight excluding hydrogens is 1820 g/mol. The number of aldehydes is 1. The van der Waals surface area contributed by atoms with E-state index in [4.69, 9.17) is 74.4 Å². The molecule has 128 heavy (non-hydrogen) atoms. The largest absolute Gasteiger partial charge is 1.00 e. The molecule has 0 bridgehead atoms. The monoisotopic (exact) mass is 1930 g/mol. The van der Waals surface area contributed by atoms with Crippen molar-refractivity contribution < 1.29 is 259 Å². The number of Topliss-reactive ketones (excluding diaryl/α,β-unsaturated/α-hetero) is 1. The summed E-state index contributed by atoms with van der Waals surface area (Å²) in [4.78, 5) is 206. The Bertz CT molecular complexity index is 4170. The molecule has 6 heterocycles. The van der Waals surface area contributed by atoms with Gasteiger partial charge in [-0.15, -0.1) is 0 Å². The van der Waals surface area contributed by atoms with E-state index in [0.717, 1.165) is 34.2 Å². The number of H-pyrrole nitrogens is 4. The van der Waals surface area contributed by atoms with Gasteiger partial charge in [-0.25, -0.2) is 0 Å². The average molecular weight is 1940 g/mol. The Balaban J connectivity index is -0.000000159. The second kappa shape index (κ2) is 78.7. The molecule has 0 amide bonds. The molecule has 5 unspecified atom stereocenters. The Morgan fingerprint density at radius 2 is 0.875 bits per heavy atom. The number of ether oxygens (including phenoxy) is 16. The van der Waals surface area contributed by atoms with Gasteiger partial charge in [-0.1, -0.05) is 41.5 Å². The molecule has 13 atom stereocenters. The van der Waals surface area contributed by atoms with Crippen LogP contribution in [0, 0.1) is 44.6 Å². The van der Waals surface area contributed by atoms with Crippen molar-refractivity contribution in [1.29, 1.82) is 0 Å². The zero-order valence-electron chi connectivity index (χ0n) is 77.1. The summed E-state index contributed by atoms with van der Waals surface area (Å²) in [6, 6.07) is 0. The van der Waals surface area contributed by atoms with Gasteiger partial charge < -0.3 is 124 Å². The first-order chi connectivity index (χ1) is 58.2. The van der Waals surface area contributed by atoms with Crippen LogP contribution in [-0.4, -0.2) is 267 Å². The number of nitrogens with one attached hydrogen (secondary N) is 4. The summed E-state index contributed by atoms with van der Waals surface area (Å²) in [7, 11) is 11.6. The first kappa shape index (κ1) is 138. The zero-order chi connectivity index (χ0) is 97.0. The summed E-state index contributed by atoms with van der Waals surface area (Å²) in [6.07, 6.45) is 0.633. The molecule has 3 aromatic rings. The van der Waals surface area contributed by atoms with Crippen molar-refractivity contribution in [2.24, 2.45) is 35.1 Å². The molecule has 53 heteroatoms. The molecule has 46 nitrogen and oxygen atoms in total. The molecule has 3 aliphatic heterocycles. The number of aromatic amines is 4. The fraction of sp³-hybridized carbons (Fsp3) is 0.600. The molecule has 3 saturated heterocycles. The fourth-order valence-corrected chi connectivity index (χ4v) is 10.5. The predicted octanol–water partition coefficient (Wildman–Crippen LogP) is -7.98. The zero-order valence-corrected chi connectivity index (χ0v) is 85.3. The van der Waals surface area contributed by atoms with Crippen LogP contribution < -0.4 is 122 Å². The van der Waals surface area contributed by atoms with Crippen molar-refractivity contribution in [3.63, 3.8) is 0 Å². The number of ketones is 1. The normalized spacial score (nSPS) is 18.1. The second-order valence-corrected chi connectivity index (χ2v) is 26.2. The Morgan fingerprint density at radius 3 is 1.18 bits per heavy atom. The van der Waals surface area contributed by atoms with Crippen molar-refractivity contribution in [3.05, 3.63) is 92.8 Å². The third kappa shape index (κ3) is 57.2. The van der Waals surface area contributed by atoms with Crippen LogP contribution in [-0.2, 0) is 167 Å². The van der Waals surface area contributed by atoms with Crippen molar-refractivity contribution in [2.75, 3.05) is 84.3 Å². The maximum Gasteiger partial charge on any atom is 1.00 e. The summed E-state index contributed by atoms with van der Waals surface area (Å²) in [5.41, 5.74) is 8.56. The summed E-state index contributed by atoms with van der Waals surface area (Å²) < 4.78 is 80.7. The van der Waals surface area contributed by atoms with E-state index in [1.807, 2.05) is 27.7 Å². The number of esters is 12. The topological polar surface area (TPSA) is 674 Å². The van der Waals surface area contributed by atoms with Crippen molar-refractivity contribution in [3.8, 4) is 0 Å². The van der Waals surface area contributed by atoms with Gasteiger partial charge in [-0.05, 0) is 68.6 Å². The number of nitrogens with zero attached hydrogens (tertiary/aromatic N) is 2. The van der Waals surface area contributed by atoms with E-state index in [2.05, 4.69) is 98.5 Å². The summed E-state index contributed by atoms with van der Waals surface area (Å²) >= 11 is 19.2. The Labute approximate surface area is 826 Å². The SMILES string of the molecule is CCOC=O.CC[C@H]1OC(OC(C)=O)[C@@H](OC(C)=O)C1C.CC[C@H]1O[C@@H](n2cc(CC(=O)OC)c(=O)[nH]c2=S)[C@@H](OC(C)=O)C1C.CO.COC(=O)CC(C=O)C(=O)OC.COC(=O)CCC(=O)OC.COC(=O)Cc1c[nH]c(=S)[nH]c1=O.COC(=O)Cc1cn([C@@H]2O[C@H](CO)C(C)[C@@H]2OC(C)=O)c(=S)[nH]c1=O.C[O-].NC(N)=S.[CH-]=C(CC(=O)OC)C(C)=O.[H-].[Na+].[Na+].[Na+].[OH-]. The van der Waals surface area contributed by atoms with Gasteiger partial charge in [-0.3, -0.25) is 107 Å². The van der Waals surface area contributed by atoms with Crippen LogP contribution in [0.1, 0.15) is 145 Å². The first-order valence-electron chi connectivity index (χ1n) is 36.6. The van der Waals surface area contributed by atoms with Crippen molar-refractivity contribution in [2.45, 2.75) is 189 Å². The summed E-state index contributed by atoms with van der Waals surface area (Å²) in [5, 5.41) is 24.7. The molecule has 0 aliphatic carbocycles. The molecule has 712 valence electrons. The van der Waals surface area contributed by atoms with E-state index >= 15 is 0 Å². The Kier molecular flexibility index (Phi) is 84.8. The molecular formula is C75H116N8Na3O38S4-. The standard InChI is InChI=1S/C16H22N2O6S.C15H20N2O7S.C11H18O5.C7H8N2O3S.C7H10O5.C7H9O3.C6H10O4.C3H6O2.CH4N2S.CH4O.CH3O.3Na.H2O.H/c1-5-11-8(2)13(23-9(3)19)15(24-11)18-7-10(6-12(20)22-4)14(21)17-16(18)25;1-7-10(6-18)24-14(12(7)23-8(2)19)17-5-9(4-11(20)22-3)13(21)16-15(17)25;1-5-9-6(2)10(14-7(3)12)11(16-9)15-8(4)13;1-12-5(10)2-4-3-8-7(13)9-6(4)11;1-11-6(9)3-5(4-8)7(10)12-2;1-5(6(2)8)4-7(9)10-3;1-9-5(7)3-4-6(8)10-2;1-2-5-3-4;2-1(3)4;2*1-2;;;;;/h7-8,11,13,15H,5-6H2,1-4H3,(H,17,21,25);5,7,10,12,14,18H,4,6H2,1-3H3,(H,16,21,25);6,9-11H,5H2,1-4H3;3H,2H2,1H3,(H2,8,9,11,13);4-5H,3H2,1-2H3;1H,4H2,2-3H3;3-4H2,1-2H3;3H,2H2,1H3;(H4,2,3,4);2H,1H3;1H3;;;;1H2;/q;;;;;-1;;;;;-1;3*+1;;-1/p-1/t8?,11-,13+,15-;7?,10-,12+,14-;6?,9-,10+,11?;;;;;;;;;;;;;/m111............./s1. The molecule has 0 radical (unpaired) electrons. The maximum absolute atomic E-state index is 12.0. The van der Waals surface area contributed by atoms with Crippen molar-refractivity contribution in [1.82, 2.24) is 29.1 Å². The number of nitrogens with two attached hydrogens (primary N) is 2. The van der Waals surface area contributed by atoms with Crippen LogP contribution in [0.2, 0.25) is 0 Å². The number of thiocarbonyl (C=S) groups is 1. The number of aromatic nitrogens is 6. The number of carbonyl (C=O) groups excluding carboxylic acids is 15. The molecule has 6 rings (SSSR count).